The molecule has 0 radical (unpaired) electrons. The lowest BCUT2D eigenvalue weighted by Crippen LogP contribution is -2.43. The summed E-state index contributed by atoms with van der Waals surface area (Å²) in [5, 5.41) is 3.26. The molecule has 3 rings (SSSR count). The van der Waals surface area contributed by atoms with Crippen LogP contribution in [0.1, 0.15) is 45.6 Å². The highest BCUT2D eigenvalue weighted by Gasteiger charge is 2.51. The maximum atomic E-state index is 12.7. The Morgan fingerprint density at radius 3 is 2.62 bits per heavy atom. The molecule has 1 aliphatic carbocycles. The van der Waals surface area contributed by atoms with Crippen molar-refractivity contribution in [1.82, 2.24) is 4.90 Å². The van der Waals surface area contributed by atoms with Crippen LogP contribution in [0.4, 0.5) is 5.69 Å². The predicted molar refractivity (Wildman–Crippen MR) is 96.1 cm³/mol. The Kier molecular flexibility index (Phi) is 4.15. The van der Waals surface area contributed by atoms with Gasteiger partial charge >= 0.3 is 11.8 Å². The van der Waals surface area contributed by atoms with Crippen molar-refractivity contribution in [3.05, 3.63) is 28.8 Å². The molecule has 1 heterocycles. The molecule has 1 saturated heterocycles. The van der Waals surface area contributed by atoms with E-state index in [-0.39, 0.29) is 16.9 Å². The Morgan fingerprint density at radius 2 is 1.96 bits per heavy atom. The summed E-state index contributed by atoms with van der Waals surface area (Å²) in [6.45, 7) is 9.29. The number of carbonyl (C=O) groups is 2. The molecule has 130 valence electrons. The van der Waals surface area contributed by atoms with Crippen LogP contribution in [-0.4, -0.2) is 29.3 Å². The van der Waals surface area contributed by atoms with Crippen LogP contribution in [0.25, 0.3) is 0 Å². The fourth-order valence-corrected chi connectivity index (χ4v) is 4.86. The van der Waals surface area contributed by atoms with Crippen LogP contribution in [0, 0.1) is 17.8 Å². The molecule has 2 aliphatic rings. The van der Waals surface area contributed by atoms with E-state index < -0.39 is 11.8 Å². The normalized spacial score (nSPS) is 27.9. The van der Waals surface area contributed by atoms with Gasteiger partial charge in [0.15, 0.2) is 0 Å². The maximum absolute atomic E-state index is 12.7. The van der Waals surface area contributed by atoms with E-state index in [4.69, 9.17) is 11.6 Å². The number of amides is 2. The molecule has 2 unspecified atom stereocenters. The van der Waals surface area contributed by atoms with E-state index >= 15 is 0 Å². The van der Waals surface area contributed by atoms with Gasteiger partial charge in [-0.25, -0.2) is 0 Å². The second-order valence-electron chi connectivity index (χ2n) is 8.56. The van der Waals surface area contributed by atoms with Gasteiger partial charge in [0.1, 0.15) is 0 Å². The van der Waals surface area contributed by atoms with Gasteiger partial charge in [-0.2, -0.15) is 0 Å². The van der Waals surface area contributed by atoms with Gasteiger partial charge in [-0.15, -0.1) is 0 Å². The molecule has 2 bridgehead atoms. The van der Waals surface area contributed by atoms with Gasteiger partial charge in [0, 0.05) is 23.3 Å². The highest BCUT2D eigenvalue weighted by Crippen LogP contribution is 2.52. The molecule has 1 N–H and O–H groups in total. The Labute approximate surface area is 148 Å². The van der Waals surface area contributed by atoms with Crippen molar-refractivity contribution in [3.63, 3.8) is 0 Å². The first-order chi connectivity index (χ1) is 11.1. The number of rotatable bonds is 1. The van der Waals surface area contributed by atoms with E-state index in [1.54, 1.807) is 17.0 Å². The number of anilines is 1. The molecule has 5 heteroatoms. The van der Waals surface area contributed by atoms with Crippen molar-refractivity contribution in [3.8, 4) is 0 Å². The van der Waals surface area contributed by atoms with Crippen molar-refractivity contribution in [2.24, 2.45) is 10.8 Å². The standard InChI is InChI=1S/C19H25ClN2O2/c1-12-5-6-13(7-15(12)20)21-16(23)17(24)22-11-19(4)9-14(22)8-18(2,3)10-19/h5-7,14H,8-11H2,1-4H3,(H,21,23). The molecule has 2 atom stereocenters. The second kappa shape index (κ2) is 5.76. The van der Waals surface area contributed by atoms with Crippen LogP contribution in [0.2, 0.25) is 5.02 Å². The van der Waals surface area contributed by atoms with Crippen LogP contribution in [0.15, 0.2) is 18.2 Å². The first-order valence-electron chi connectivity index (χ1n) is 8.47. The molecular weight excluding hydrogens is 324 g/mol. The summed E-state index contributed by atoms with van der Waals surface area (Å²) in [6, 6.07) is 5.43. The van der Waals surface area contributed by atoms with Crippen LogP contribution in [0.3, 0.4) is 0 Å². The monoisotopic (exact) mass is 348 g/mol. The van der Waals surface area contributed by atoms with Crippen LogP contribution in [0.5, 0.6) is 0 Å². The van der Waals surface area contributed by atoms with E-state index in [0.717, 1.165) is 24.8 Å². The summed E-state index contributed by atoms with van der Waals surface area (Å²) in [5.41, 5.74) is 1.82. The molecular formula is C19H25ClN2O2. The molecule has 2 fully saturated rings. The zero-order valence-electron chi connectivity index (χ0n) is 14.8. The SMILES string of the molecule is Cc1ccc(NC(=O)C(=O)N2CC3(C)CC2CC(C)(C)C3)cc1Cl. The lowest BCUT2D eigenvalue weighted by atomic mass is 9.65. The van der Waals surface area contributed by atoms with Crippen LogP contribution < -0.4 is 5.32 Å². The minimum atomic E-state index is -0.580. The number of carbonyl (C=O) groups excluding carboxylic acids is 2. The van der Waals surface area contributed by atoms with E-state index in [1.807, 2.05) is 13.0 Å². The Hall–Kier alpha value is -1.55. The molecule has 4 nitrogen and oxygen atoms in total. The Balaban J connectivity index is 1.72. The number of hydrogen-bond donors (Lipinski definition) is 1. The molecule has 1 saturated carbocycles. The summed E-state index contributed by atoms with van der Waals surface area (Å²) in [7, 11) is 0. The minimum Gasteiger partial charge on any atom is -0.331 e. The Morgan fingerprint density at radius 1 is 1.25 bits per heavy atom. The van der Waals surface area contributed by atoms with E-state index in [2.05, 4.69) is 26.1 Å². The number of nitrogens with one attached hydrogen (secondary N) is 1. The van der Waals surface area contributed by atoms with Gasteiger partial charge in [0.05, 0.1) is 0 Å². The maximum Gasteiger partial charge on any atom is 0.313 e. The highest BCUT2D eigenvalue weighted by atomic mass is 35.5. The third kappa shape index (κ3) is 3.30. The fourth-order valence-electron chi connectivity index (χ4n) is 4.68. The lowest BCUT2D eigenvalue weighted by molar-refractivity contribution is -0.144. The number of hydrogen-bond acceptors (Lipinski definition) is 2. The smallest absolute Gasteiger partial charge is 0.313 e. The van der Waals surface area contributed by atoms with Gasteiger partial charge < -0.3 is 10.2 Å². The van der Waals surface area contributed by atoms with Crippen molar-refractivity contribution >= 4 is 29.1 Å². The quantitative estimate of drug-likeness (QED) is 0.779. The topological polar surface area (TPSA) is 49.4 Å². The fraction of sp³-hybridized carbons (Fsp3) is 0.579. The van der Waals surface area contributed by atoms with Crippen molar-refractivity contribution < 1.29 is 9.59 Å². The lowest BCUT2D eigenvalue weighted by Gasteiger charge is -2.39. The van der Waals surface area contributed by atoms with Gasteiger partial charge in [0.25, 0.3) is 0 Å². The highest BCUT2D eigenvalue weighted by molar-refractivity contribution is 6.40. The number of likely N-dealkylation sites (tertiary alicyclic amines) is 1. The summed E-state index contributed by atoms with van der Waals surface area (Å²) in [4.78, 5) is 26.9. The van der Waals surface area contributed by atoms with Crippen molar-refractivity contribution in [1.29, 1.82) is 0 Å². The Bertz CT molecular complexity index is 701. The second-order valence-corrected chi connectivity index (χ2v) is 8.97. The minimum absolute atomic E-state index is 0.121. The molecule has 1 aliphatic heterocycles. The summed E-state index contributed by atoms with van der Waals surface area (Å²) in [6.07, 6.45) is 3.04. The number of aryl methyl sites for hydroxylation is 1. The van der Waals surface area contributed by atoms with E-state index in [1.165, 1.54) is 0 Å². The zero-order chi connectivity index (χ0) is 17.7. The molecule has 24 heavy (non-hydrogen) atoms. The zero-order valence-corrected chi connectivity index (χ0v) is 15.5. The molecule has 0 aromatic heterocycles. The van der Waals surface area contributed by atoms with Gasteiger partial charge in [-0.1, -0.05) is 38.4 Å². The van der Waals surface area contributed by atoms with Gasteiger partial charge in [-0.05, 0) is 54.7 Å². The average molecular weight is 349 g/mol. The van der Waals surface area contributed by atoms with Crippen LogP contribution in [-0.2, 0) is 9.59 Å². The average Bonchev–Trinajstić information content (AvgIpc) is 2.71. The third-order valence-corrected chi connectivity index (χ3v) is 5.71. The van der Waals surface area contributed by atoms with Crippen LogP contribution >= 0.6 is 11.6 Å². The first kappa shape index (κ1) is 17.3. The molecule has 1 aromatic rings. The van der Waals surface area contributed by atoms with Crippen molar-refractivity contribution in [2.45, 2.75) is 53.0 Å². The summed E-state index contributed by atoms with van der Waals surface area (Å²) >= 11 is 6.08. The largest absolute Gasteiger partial charge is 0.331 e. The van der Waals surface area contributed by atoms with E-state index in [9.17, 15) is 9.59 Å². The molecule has 2 amide bonds. The van der Waals surface area contributed by atoms with Crippen molar-refractivity contribution in [2.75, 3.05) is 11.9 Å². The summed E-state index contributed by atoms with van der Waals surface area (Å²) in [5.74, 6) is -1.01. The number of benzene rings is 1. The van der Waals surface area contributed by atoms with Gasteiger partial charge in [-0.3, -0.25) is 9.59 Å². The molecule has 0 spiro atoms. The number of nitrogens with zero attached hydrogens (tertiary/aromatic N) is 1. The number of fused-ring (bicyclic) bond motifs is 2. The number of halogens is 1. The third-order valence-electron chi connectivity index (χ3n) is 5.30. The first-order valence-corrected chi connectivity index (χ1v) is 8.85. The molecule has 1 aromatic carbocycles. The van der Waals surface area contributed by atoms with Gasteiger partial charge in [0.2, 0.25) is 0 Å². The predicted octanol–water partition coefficient (Wildman–Crippen LogP) is 4.01. The van der Waals surface area contributed by atoms with E-state index in [0.29, 0.717) is 17.3 Å². The summed E-state index contributed by atoms with van der Waals surface area (Å²) < 4.78 is 0.